The standard InChI is InChI=1S/C18H16ClN3O3/c19-14-8-6-12(7-9-14)17(24)20-21-18(25)13-10-16(23)22(11-13)15-4-2-1-3-5-15/h1-9,13H,10-11H2,(H,20,24)(H,21,25)/t13-/m1/s1. The Hall–Kier alpha value is -2.86. The molecular formula is C18H16ClN3O3. The minimum absolute atomic E-state index is 0.109. The molecular weight excluding hydrogens is 342 g/mol. The van der Waals surface area contributed by atoms with E-state index in [1.807, 2.05) is 30.3 Å². The predicted octanol–water partition coefficient (Wildman–Crippen LogP) is 2.15. The molecule has 2 aromatic rings. The molecule has 0 radical (unpaired) electrons. The van der Waals surface area contributed by atoms with Crippen molar-refractivity contribution in [2.75, 3.05) is 11.4 Å². The number of rotatable bonds is 3. The molecule has 3 rings (SSSR count). The van der Waals surface area contributed by atoms with Crippen LogP contribution in [0.2, 0.25) is 5.02 Å². The highest BCUT2D eigenvalue weighted by atomic mass is 35.5. The molecule has 2 aromatic carbocycles. The molecule has 25 heavy (non-hydrogen) atoms. The molecule has 1 aliphatic rings. The van der Waals surface area contributed by atoms with Crippen molar-refractivity contribution < 1.29 is 14.4 Å². The van der Waals surface area contributed by atoms with Crippen LogP contribution in [0.5, 0.6) is 0 Å². The molecule has 1 saturated heterocycles. The number of carbonyl (C=O) groups is 3. The average molecular weight is 358 g/mol. The van der Waals surface area contributed by atoms with E-state index in [2.05, 4.69) is 10.9 Å². The number of anilines is 1. The fourth-order valence-electron chi connectivity index (χ4n) is 2.63. The number of hydrogen-bond acceptors (Lipinski definition) is 3. The lowest BCUT2D eigenvalue weighted by Gasteiger charge is -2.16. The van der Waals surface area contributed by atoms with Crippen LogP contribution in [0.1, 0.15) is 16.8 Å². The van der Waals surface area contributed by atoms with E-state index in [9.17, 15) is 14.4 Å². The van der Waals surface area contributed by atoms with E-state index in [1.54, 1.807) is 29.2 Å². The normalized spacial score (nSPS) is 16.6. The molecule has 0 saturated carbocycles. The van der Waals surface area contributed by atoms with Crippen LogP contribution in [0.3, 0.4) is 0 Å². The van der Waals surface area contributed by atoms with Gasteiger partial charge in [0, 0.05) is 29.2 Å². The monoisotopic (exact) mass is 357 g/mol. The third kappa shape index (κ3) is 3.97. The Kier molecular flexibility index (Phi) is 5.00. The van der Waals surface area contributed by atoms with E-state index in [0.717, 1.165) is 5.69 Å². The number of benzene rings is 2. The summed E-state index contributed by atoms with van der Waals surface area (Å²) < 4.78 is 0. The van der Waals surface area contributed by atoms with Gasteiger partial charge in [-0.25, -0.2) is 0 Å². The van der Waals surface area contributed by atoms with Crippen LogP contribution in [0.4, 0.5) is 5.69 Å². The van der Waals surface area contributed by atoms with Crippen molar-refractivity contribution in [3.05, 3.63) is 65.2 Å². The lowest BCUT2D eigenvalue weighted by Crippen LogP contribution is -2.45. The van der Waals surface area contributed by atoms with Crippen LogP contribution >= 0.6 is 11.6 Å². The van der Waals surface area contributed by atoms with Crippen LogP contribution in [-0.4, -0.2) is 24.3 Å². The molecule has 7 heteroatoms. The van der Waals surface area contributed by atoms with Crippen molar-refractivity contribution in [3.63, 3.8) is 0 Å². The van der Waals surface area contributed by atoms with Crippen molar-refractivity contribution in [1.82, 2.24) is 10.9 Å². The Balaban J connectivity index is 1.56. The lowest BCUT2D eigenvalue weighted by molar-refractivity contribution is -0.126. The van der Waals surface area contributed by atoms with Crippen LogP contribution in [0, 0.1) is 5.92 Å². The molecule has 1 atom stereocenters. The van der Waals surface area contributed by atoms with Crippen molar-refractivity contribution in [3.8, 4) is 0 Å². The highest BCUT2D eigenvalue weighted by Crippen LogP contribution is 2.24. The third-order valence-corrected chi connectivity index (χ3v) is 4.22. The zero-order valence-corrected chi connectivity index (χ0v) is 14.0. The minimum atomic E-state index is -0.516. The maximum absolute atomic E-state index is 12.2. The fourth-order valence-corrected chi connectivity index (χ4v) is 2.76. The average Bonchev–Trinajstić information content (AvgIpc) is 3.02. The van der Waals surface area contributed by atoms with Gasteiger partial charge < -0.3 is 4.90 Å². The maximum atomic E-state index is 12.2. The molecule has 0 unspecified atom stereocenters. The topological polar surface area (TPSA) is 78.5 Å². The first-order valence-electron chi connectivity index (χ1n) is 7.76. The number of carbonyl (C=O) groups excluding carboxylic acids is 3. The zero-order valence-electron chi connectivity index (χ0n) is 13.2. The van der Waals surface area contributed by atoms with E-state index in [-0.39, 0.29) is 18.9 Å². The van der Waals surface area contributed by atoms with Gasteiger partial charge in [0.25, 0.3) is 5.91 Å². The van der Waals surface area contributed by atoms with Crippen molar-refractivity contribution >= 4 is 35.0 Å². The summed E-state index contributed by atoms with van der Waals surface area (Å²) in [5, 5.41) is 0.519. The molecule has 2 N–H and O–H groups in total. The number of para-hydroxylation sites is 1. The minimum Gasteiger partial charge on any atom is -0.312 e. The molecule has 0 spiro atoms. The summed E-state index contributed by atoms with van der Waals surface area (Å²) in [6.07, 6.45) is 0.109. The summed E-state index contributed by atoms with van der Waals surface area (Å²) in [6.45, 7) is 0.283. The molecule has 1 fully saturated rings. The SMILES string of the molecule is O=C(NNC(=O)[C@@H]1CC(=O)N(c2ccccc2)C1)c1ccc(Cl)cc1. The predicted molar refractivity (Wildman–Crippen MR) is 94.0 cm³/mol. The Bertz CT molecular complexity index is 793. The van der Waals surface area contributed by atoms with Gasteiger partial charge in [0.2, 0.25) is 11.8 Å². The smallest absolute Gasteiger partial charge is 0.269 e. The van der Waals surface area contributed by atoms with Gasteiger partial charge in [-0.15, -0.1) is 0 Å². The zero-order chi connectivity index (χ0) is 17.8. The summed E-state index contributed by atoms with van der Waals surface area (Å²) in [4.78, 5) is 37.9. The highest BCUT2D eigenvalue weighted by molar-refractivity contribution is 6.30. The first kappa shape index (κ1) is 17.0. The van der Waals surface area contributed by atoms with Crippen LogP contribution in [0.15, 0.2) is 54.6 Å². The van der Waals surface area contributed by atoms with Gasteiger partial charge in [-0.05, 0) is 36.4 Å². The second-order valence-corrected chi connectivity index (χ2v) is 6.13. The van der Waals surface area contributed by atoms with E-state index >= 15 is 0 Å². The Labute approximate surface area is 149 Å². The van der Waals surface area contributed by atoms with E-state index in [0.29, 0.717) is 10.6 Å². The van der Waals surface area contributed by atoms with Gasteiger partial charge in [0.1, 0.15) is 0 Å². The first-order valence-corrected chi connectivity index (χ1v) is 8.13. The molecule has 0 bridgehead atoms. The number of hydrogen-bond donors (Lipinski definition) is 2. The van der Waals surface area contributed by atoms with Gasteiger partial charge in [-0.2, -0.15) is 0 Å². The largest absolute Gasteiger partial charge is 0.312 e. The lowest BCUT2D eigenvalue weighted by atomic mass is 10.1. The van der Waals surface area contributed by atoms with Crippen LogP contribution in [-0.2, 0) is 9.59 Å². The van der Waals surface area contributed by atoms with Gasteiger partial charge in [0.05, 0.1) is 5.92 Å². The summed E-state index contributed by atoms with van der Waals surface area (Å²) in [5.74, 6) is -1.48. The number of nitrogens with one attached hydrogen (secondary N) is 2. The first-order chi connectivity index (χ1) is 12.0. The van der Waals surface area contributed by atoms with Gasteiger partial charge in [-0.1, -0.05) is 29.8 Å². The molecule has 1 heterocycles. The third-order valence-electron chi connectivity index (χ3n) is 3.97. The van der Waals surface area contributed by atoms with Gasteiger partial charge in [0.15, 0.2) is 0 Å². The number of halogens is 1. The Morgan fingerprint density at radius 3 is 2.36 bits per heavy atom. The number of hydrazine groups is 1. The Morgan fingerprint density at radius 2 is 1.68 bits per heavy atom. The molecule has 3 amide bonds. The number of amides is 3. The van der Waals surface area contributed by atoms with Crippen molar-refractivity contribution in [1.29, 1.82) is 0 Å². The molecule has 1 aliphatic heterocycles. The number of nitrogens with zero attached hydrogens (tertiary/aromatic N) is 1. The highest BCUT2D eigenvalue weighted by Gasteiger charge is 2.35. The fraction of sp³-hybridized carbons (Fsp3) is 0.167. The van der Waals surface area contributed by atoms with E-state index < -0.39 is 17.7 Å². The van der Waals surface area contributed by atoms with E-state index in [4.69, 9.17) is 11.6 Å². The van der Waals surface area contributed by atoms with Crippen LogP contribution in [0.25, 0.3) is 0 Å². The second kappa shape index (κ2) is 7.36. The van der Waals surface area contributed by atoms with Crippen molar-refractivity contribution in [2.45, 2.75) is 6.42 Å². The summed E-state index contributed by atoms with van der Waals surface area (Å²) in [6, 6.07) is 15.5. The molecule has 0 aliphatic carbocycles. The maximum Gasteiger partial charge on any atom is 0.269 e. The quantitative estimate of drug-likeness (QED) is 0.826. The molecule has 128 valence electrons. The second-order valence-electron chi connectivity index (χ2n) is 5.69. The molecule has 6 nitrogen and oxygen atoms in total. The van der Waals surface area contributed by atoms with Gasteiger partial charge >= 0.3 is 0 Å². The summed E-state index contributed by atoms with van der Waals surface area (Å²) in [7, 11) is 0. The van der Waals surface area contributed by atoms with Gasteiger partial charge in [-0.3, -0.25) is 25.2 Å². The van der Waals surface area contributed by atoms with E-state index in [1.165, 1.54) is 0 Å². The Morgan fingerprint density at radius 1 is 1.00 bits per heavy atom. The van der Waals surface area contributed by atoms with Crippen LogP contribution < -0.4 is 15.8 Å². The molecule has 0 aromatic heterocycles. The van der Waals surface area contributed by atoms with Crippen molar-refractivity contribution in [2.24, 2.45) is 5.92 Å². The summed E-state index contributed by atoms with van der Waals surface area (Å²) >= 11 is 5.77. The summed E-state index contributed by atoms with van der Waals surface area (Å²) in [5.41, 5.74) is 5.86.